The fourth-order valence-electron chi connectivity index (χ4n) is 2.73. The van der Waals surface area contributed by atoms with Crippen LogP contribution in [0.1, 0.15) is 11.4 Å². The molecule has 0 saturated heterocycles. The summed E-state index contributed by atoms with van der Waals surface area (Å²) in [7, 11) is 1.70. The minimum atomic E-state index is -0.619. The lowest BCUT2D eigenvalue weighted by Crippen LogP contribution is -2.21. The first-order valence-electron chi connectivity index (χ1n) is 7.58. The Morgan fingerprint density at radius 2 is 2.04 bits per heavy atom. The Kier molecular flexibility index (Phi) is 3.34. The average Bonchev–Trinajstić information content (AvgIpc) is 3.13. The maximum absolute atomic E-state index is 12.2. The molecule has 3 heterocycles. The predicted molar refractivity (Wildman–Crippen MR) is 89.2 cm³/mol. The predicted octanol–water partition coefficient (Wildman–Crippen LogP) is 0.830. The van der Waals surface area contributed by atoms with Crippen LogP contribution >= 0.6 is 0 Å². The summed E-state index contributed by atoms with van der Waals surface area (Å²) < 4.78 is 7.67. The minimum Gasteiger partial charge on any atom is -0.308 e. The zero-order chi connectivity index (χ0) is 17.6. The van der Waals surface area contributed by atoms with Crippen molar-refractivity contribution in [2.45, 2.75) is 13.5 Å². The van der Waals surface area contributed by atoms with Crippen LogP contribution < -0.4 is 11.3 Å². The van der Waals surface area contributed by atoms with Crippen molar-refractivity contribution in [3.05, 3.63) is 62.8 Å². The van der Waals surface area contributed by atoms with Crippen LogP contribution in [0.4, 0.5) is 0 Å². The number of hydrogen-bond acceptors (Lipinski definition) is 6. The lowest BCUT2D eigenvalue weighted by atomic mass is 10.1. The molecule has 0 amide bonds. The number of aromatic nitrogens is 6. The summed E-state index contributed by atoms with van der Waals surface area (Å²) in [6.45, 7) is 1.95. The van der Waals surface area contributed by atoms with Gasteiger partial charge in [0.15, 0.2) is 11.5 Å². The van der Waals surface area contributed by atoms with E-state index in [0.29, 0.717) is 22.7 Å². The molecule has 0 fully saturated rings. The van der Waals surface area contributed by atoms with Gasteiger partial charge in [-0.15, -0.1) is 0 Å². The topological polar surface area (TPSA) is 112 Å². The number of benzene rings is 1. The highest BCUT2D eigenvalue weighted by Gasteiger charge is 2.17. The Morgan fingerprint density at radius 3 is 2.84 bits per heavy atom. The molecule has 3 aromatic heterocycles. The van der Waals surface area contributed by atoms with E-state index in [-0.39, 0.29) is 12.1 Å². The molecule has 0 spiro atoms. The van der Waals surface area contributed by atoms with Gasteiger partial charge in [-0.2, -0.15) is 5.10 Å². The summed E-state index contributed by atoms with van der Waals surface area (Å²) in [5, 5.41) is 8.29. The molecular formula is C16H14N6O3. The average molecular weight is 338 g/mol. The summed E-state index contributed by atoms with van der Waals surface area (Å²) in [5.74, 6) is 0.0862. The van der Waals surface area contributed by atoms with Gasteiger partial charge in [-0.25, -0.2) is 14.3 Å². The molecule has 9 nitrogen and oxygen atoms in total. The van der Waals surface area contributed by atoms with Gasteiger partial charge in [0.2, 0.25) is 0 Å². The number of aryl methyl sites for hydroxylation is 2. The van der Waals surface area contributed by atoms with Crippen LogP contribution in [-0.4, -0.2) is 29.5 Å². The van der Waals surface area contributed by atoms with E-state index in [9.17, 15) is 9.59 Å². The molecule has 4 aromatic rings. The second kappa shape index (κ2) is 5.55. The molecule has 9 heteroatoms. The van der Waals surface area contributed by atoms with E-state index in [4.69, 9.17) is 4.52 Å². The molecule has 0 unspecified atom stereocenters. The molecule has 126 valence electrons. The molecule has 0 aliphatic rings. The van der Waals surface area contributed by atoms with Crippen molar-refractivity contribution in [1.82, 2.24) is 29.5 Å². The van der Waals surface area contributed by atoms with E-state index >= 15 is 0 Å². The molecule has 4 rings (SSSR count). The van der Waals surface area contributed by atoms with E-state index in [1.165, 1.54) is 15.4 Å². The number of aromatic amines is 1. The molecule has 1 aromatic carbocycles. The van der Waals surface area contributed by atoms with Crippen molar-refractivity contribution < 1.29 is 4.52 Å². The van der Waals surface area contributed by atoms with Crippen LogP contribution in [0.15, 0.2) is 44.6 Å². The molecule has 0 saturated carbocycles. The highest BCUT2D eigenvalue weighted by Crippen LogP contribution is 2.20. The van der Waals surface area contributed by atoms with Gasteiger partial charge in [-0.1, -0.05) is 29.4 Å². The SMILES string of the molecule is Cc1ccccc1-c1noc(=O)n1Cc1nc2c(cnn2C)c(=O)[nH]1. The van der Waals surface area contributed by atoms with Crippen molar-refractivity contribution in [2.75, 3.05) is 0 Å². The summed E-state index contributed by atoms with van der Waals surface area (Å²) in [5.41, 5.74) is 1.86. The normalized spacial score (nSPS) is 11.3. The number of fused-ring (bicyclic) bond motifs is 1. The molecule has 1 N–H and O–H groups in total. The van der Waals surface area contributed by atoms with Gasteiger partial charge in [0.25, 0.3) is 5.56 Å². The van der Waals surface area contributed by atoms with E-state index in [1.54, 1.807) is 7.05 Å². The first-order chi connectivity index (χ1) is 12.0. The Morgan fingerprint density at radius 1 is 1.24 bits per heavy atom. The Balaban J connectivity index is 1.84. The maximum Gasteiger partial charge on any atom is 0.442 e. The number of nitrogens with zero attached hydrogens (tertiary/aromatic N) is 5. The van der Waals surface area contributed by atoms with Gasteiger partial charge in [0.1, 0.15) is 11.2 Å². The zero-order valence-electron chi connectivity index (χ0n) is 13.6. The molecule has 0 atom stereocenters. The second-order valence-electron chi connectivity index (χ2n) is 5.69. The Bertz CT molecular complexity index is 1200. The smallest absolute Gasteiger partial charge is 0.308 e. The third-order valence-electron chi connectivity index (χ3n) is 4.03. The third-order valence-corrected chi connectivity index (χ3v) is 4.03. The van der Waals surface area contributed by atoms with E-state index in [0.717, 1.165) is 11.1 Å². The number of rotatable bonds is 3. The van der Waals surface area contributed by atoms with E-state index in [2.05, 4.69) is 20.2 Å². The van der Waals surface area contributed by atoms with Gasteiger partial charge in [0, 0.05) is 12.6 Å². The molecule has 0 aliphatic heterocycles. The summed E-state index contributed by atoms with van der Waals surface area (Å²) >= 11 is 0. The highest BCUT2D eigenvalue weighted by molar-refractivity contribution is 5.72. The van der Waals surface area contributed by atoms with Gasteiger partial charge in [0.05, 0.1) is 12.7 Å². The Hall–Kier alpha value is -3.49. The van der Waals surface area contributed by atoms with Gasteiger partial charge >= 0.3 is 5.76 Å². The summed E-state index contributed by atoms with van der Waals surface area (Å²) in [6, 6.07) is 7.52. The van der Waals surface area contributed by atoms with Crippen molar-refractivity contribution in [1.29, 1.82) is 0 Å². The standard InChI is InChI=1S/C16H14N6O3/c1-9-5-3-4-6-10(9)14-20-25-16(24)22(14)8-12-18-13-11(15(23)19-12)7-17-21(13)2/h3-7H,8H2,1-2H3,(H,18,19,23). The summed E-state index contributed by atoms with van der Waals surface area (Å²) in [6.07, 6.45) is 1.45. The van der Waals surface area contributed by atoms with Crippen LogP contribution in [0.3, 0.4) is 0 Å². The highest BCUT2D eigenvalue weighted by atomic mass is 16.5. The molecule has 0 bridgehead atoms. The van der Waals surface area contributed by atoms with E-state index in [1.807, 2.05) is 31.2 Å². The molecular weight excluding hydrogens is 324 g/mol. The van der Waals surface area contributed by atoms with Crippen molar-refractivity contribution in [3.63, 3.8) is 0 Å². The third kappa shape index (κ3) is 2.45. The van der Waals surface area contributed by atoms with Crippen molar-refractivity contribution in [3.8, 4) is 11.4 Å². The van der Waals surface area contributed by atoms with Crippen LogP contribution in [0.2, 0.25) is 0 Å². The van der Waals surface area contributed by atoms with Crippen LogP contribution in [0.25, 0.3) is 22.4 Å². The monoisotopic (exact) mass is 338 g/mol. The van der Waals surface area contributed by atoms with Crippen LogP contribution in [0.5, 0.6) is 0 Å². The maximum atomic E-state index is 12.2. The van der Waals surface area contributed by atoms with Gasteiger partial charge in [-0.05, 0) is 12.5 Å². The number of hydrogen-bond donors (Lipinski definition) is 1. The fraction of sp³-hybridized carbons (Fsp3) is 0.188. The minimum absolute atomic E-state index is 0.0301. The second-order valence-corrected chi connectivity index (χ2v) is 5.69. The molecule has 0 aliphatic carbocycles. The quantitative estimate of drug-likeness (QED) is 0.592. The first-order valence-corrected chi connectivity index (χ1v) is 7.58. The number of nitrogens with one attached hydrogen (secondary N) is 1. The Labute approximate surface area is 140 Å². The lowest BCUT2D eigenvalue weighted by molar-refractivity contribution is 0.377. The molecule has 25 heavy (non-hydrogen) atoms. The lowest BCUT2D eigenvalue weighted by Gasteiger charge is -2.06. The van der Waals surface area contributed by atoms with Gasteiger partial charge < -0.3 is 4.98 Å². The first kappa shape index (κ1) is 15.1. The van der Waals surface area contributed by atoms with E-state index < -0.39 is 5.76 Å². The fourth-order valence-corrected chi connectivity index (χ4v) is 2.73. The van der Waals surface area contributed by atoms with Crippen LogP contribution in [-0.2, 0) is 13.6 Å². The van der Waals surface area contributed by atoms with Crippen molar-refractivity contribution in [2.24, 2.45) is 7.05 Å². The van der Waals surface area contributed by atoms with Gasteiger partial charge in [-0.3, -0.25) is 14.0 Å². The zero-order valence-corrected chi connectivity index (χ0v) is 13.6. The van der Waals surface area contributed by atoms with Crippen molar-refractivity contribution >= 4 is 11.0 Å². The van der Waals surface area contributed by atoms with Crippen LogP contribution in [0, 0.1) is 6.92 Å². The summed E-state index contributed by atoms with van der Waals surface area (Å²) in [4.78, 5) is 31.3. The molecule has 0 radical (unpaired) electrons. The number of H-pyrrole nitrogens is 1. The largest absolute Gasteiger partial charge is 0.442 e.